The summed E-state index contributed by atoms with van der Waals surface area (Å²) in [4.78, 5) is 31.2. The van der Waals surface area contributed by atoms with Gasteiger partial charge < -0.3 is 16.0 Å². The van der Waals surface area contributed by atoms with Crippen LogP contribution < -0.4 is 16.6 Å². The first-order valence-electron chi connectivity index (χ1n) is 8.02. The van der Waals surface area contributed by atoms with Crippen molar-refractivity contribution in [3.05, 3.63) is 76.6 Å². The highest BCUT2D eigenvalue weighted by molar-refractivity contribution is 7.99. The minimum absolute atomic E-state index is 0.139. The predicted molar refractivity (Wildman–Crippen MR) is 104 cm³/mol. The normalized spacial score (nSPS) is 10.5. The van der Waals surface area contributed by atoms with Crippen LogP contribution in [0.25, 0.3) is 11.1 Å². The second-order valence-corrected chi connectivity index (χ2v) is 6.51. The summed E-state index contributed by atoms with van der Waals surface area (Å²) in [6.07, 6.45) is 0. The number of H-pyrrole nitrogens is 1. The summed E-state index contributed by atoms with van der Waals surface area (Å²) in [7, 11) is 0. The first-order valence-corrected chi connectivity index (χ1v) is 9.00. The zero-order valence-electron chi connectivity index (χ0n) is 13.9. The summed E-state index contributed by atoms with van der Waals surface area (Å²) < 4.78 is 0. The molecule has 7 heteroatoms. The van der Waals surface area contributed by atoms with Crippen molar-refractivity contribution in [3.63, 3.8) is 0 Å². The van der Waals surface area contributed by atoms with Crippen LogP contribution in [0.4, 0.5) is 5.82 Å². The van der Waals surface area contributed by atoms with Gasteiger partial charge >= 0.3 is 0 Å². The van der Waals surface area contributed by atoms with Crippen molar-refractivity contribution >= 4 is 23.5 Å². The van der Waals surface area contributed by atoms with Gasteiger partial charge in [-0.15, -0.1) is 0 Å². The van der Waals surface area contributed by atoms with Crippen molar-refractivity contribution in [2.24, 2.45) is 0 Å². The number of amides is 1. The molecular formula is C19H18N4O2S. The molecule has 1 heterocycles. The molecule has 1 amide bonds. The molecule has 26 heavy (non-hydrogen) atoms. The van der Waals surface area contributed by atoms with Crippen molar-refractivity contribution in [1.82, 2.24) is 15.3 Å². The van der Waals surface area contributed by atoms with E-state index in [1.54, 1.807) is 12.1 Å². The molecule has 0 fully saturated rings. The lowest BCUT2D eigenvalue weighted by Crippen LogP contribution is -2.25. The van der Waals surface area contributed by atoms with E-state index in [2.05, 4.69) is 15.3 Å². The van der Waals surface area contributed by atoms with Gasteiger partial charge in [-0.25, -0.2) is 4.98 Å². The number of nitrogens with one attached hydrogen (secondary N) is 2. The molecule has 0 radical (unpaired) electrons. The van der Waals surface area contributed by atoms with Crippen LogP contribution in [0.1, 0.15) is 5.56 Å². The predicted octanol–water partition coefficient (Wildman–Crippen LogP) is 2.43. The van der Waals surface area contributed by atoms with Crippen LogP contribution in [0.15, 0.2) is 70.6 Å². The third-order valence-corrected chi connectivity index (χ3v) is 4.53. The number of aromatic nitrogens is 2. The Labute approximate surface area is 154 Å². The van der Waals surface area contributed by atoms with Crippen LogP contribution in [0.2, 0.25) is 0 Å². The Bertz CT molecular complexity index is 943. The van der Waals surface area contributed by atoms with Gasteiger partial charge in [0.1, 0.15) is 5.82 Å². The smallest absolute Gasteiger partial charge is 0.261 e. The lowest BCUT2D eigenvalue weighted by Gasteiger charge is -2.07. The van der Waals surface area contributed by atoms with E-state index < -0.39 is 0 Å². The number of benzene rings is 2. The van der Waals surface area contributed by atoms with Gasteiger partial charge in [-0.05, 0) is 11.1 Å². The fourth-order valence-corrected chi connectivity index (χ4v) is 3.10. The first-order chi connectivity index (χ1) is 12.6. The lowest BCUT2D eigenvalue weighted by atomic mass is 10.1. The van der Waals surface area contributed by atoms with Gasteiger partial charge in [-0.3, -0.25) is 9.59 Å². The largest absolute Gasteiger partial charge is 0.383 e. The zero-order chi connectivity index (χ0) is 18.4. The quantitative estimate of drug-likeness (QED) is 0.459. The van der Waals surface area contributed by atoms with E-state index in [0.29, 0.717) is 22.8 Å². The molecule has 0 aliphatic rings. The van der Waals surface area contributed by atoms with Crippen molar-refractivity contribution in [3.8, 4) is 11.1 Å². The third-order valence-electron chi connectivity index (χ3n) is 3.66. The van der Waals surface area contributed by atoms with Gasteiger partial charge in [0, 0.05) is 6.54 Å². The van der Waals surface area contributed by atoms with Gasteiger partial charge in [0.25, 0.3) is 5.56 Å². The molecule has 0 atom stereocenters. The van der Waals surface area contributed by atoms with E-state index in [0.717, 1.165) is 17.3 Å². The zero-order valence-corrected chi connectivity index (χ0v) is 14.8. The Morgan fingerprint density at radius 3 is 2.38 bits per heavy atom. The average Bonchev–Trinajstić information content (AvgIpc) is 2.66. The third kappa shape index (κ3) is 4.52. The van der Waals surface area contributed by atoms with E-state index in [9.17, 15) is 9.59 Å². The Morgan fingerprint density at radius 1 is 1.08 bits per heavy atom. The lowest BCUT2D eigenvalue weighted by molar-refractivity contribution is -0.118. The standard InChI is InChI=1S/C19H18N4O2S/c20-17-16(14-9-5-2-6-10-14)18(25)23-19(22-17)26-12-15(24)21-11-13-7-3-1-4-8-13/h1-10H,11-12H2,(H,21,24)(H3,20,22,23,25). The van der Waals surface area contributed by atoms with E-state index in [1.807, 2.05) is 48.5 Å². The number of nitrogens with zero attached hydrogens (tertiary/aromatic N) is 1. The number of rotatable bonds is 6. The highest BCUT2D eigenvalue weighted by Gasteiger charge is 2.12. The van der Waals surface area contributed by atoms with Gasteiger partial charge in [0.2, 0.25) is 5.91 Å². The highest BCUT2D eigenvalue weighted by Crippen LogP contribution is 2.22. The molecule has 0 saturated carbocycles. The maximum Gasteiger partial charge on any atom is 0.261 e. The molecule has 3 aromatic rings. The Hall–Kier alpha value is -3.06. The second kappa shape index (κ2) is 8.35. The molecule has 0 saturated heterocycles. The van der Waals surface area contributed by atoms with Crippen LogP contribution in [0.3, 0.4) is 0 Å². The molecule has 0 aliphatic heterocycles. The molecule has 3 rings (SSSR count). The van der Waals surface area contributed by atoms with E-state index >= 15 is 0 Å². The van der Waals surface area contributed by atoms with Crippen LogP contribution in [0.5, 0.6) is 0 Å². The minimum atomic E-state index is -0.323. The number of thioether (sulfide) groups is 1. The van der Waals surface area contributed by atoms with Crippen molar-refractivity contribution in [1.29, 1.82) is 0 Å². The number of carbonyl (C=O) groups excluding carboxylic acids is 1. The van der Waals surface area contributed by atoms with Gasteiger partial charge in [0.15, 0.2) is 5.16 Å². The van der Waals surface area contributed by atoms with Crippen molar-refractivity contribution < 1.29 is 4.79 Å². The SMILES string of the molecule is Nc1nc(SCC(=O)NCc2ccccc2)[nH]c(=O)c1-c1ccccc1. The Balaban J connectivity index is 1.62. The van der Waals surface area contributed by atoms with Crippen molar-refractivity contribution in [2.75, 3.05) is 11.5 Å². The molecule has 0 unspecified atom stereocenters. The van der Waals surface area contributed by atoms with E-state index in [1.165, 1.54) is 0 Å². The second-order valence-electron chi connectivity index (χ2n) is 5.55. The molecule has 6 nitrogen and oxygen atoms in total. The molecule has 2 aromatic carbocycles. The number of anilines is 1. The maximum absolute atomic E-state index is 12.3. The highest BCUT2D eigenvalue weighted by atomic mass is 32.2. The minimum Gasteiger partial charge on any atom is -0.383 e. The van der Waals surface area contributed by atoms with Gasteiger partial charge in [0.05, 0.1) is 11.3 Å². The molecule has 1 aromatic heterocycles. The van der Waals surface area contributed by atoms with E-state index in [-0.39, 0.29) is 23.0 Å². The summed E-state index contributed by atoms with van der Waals surface area (Å²) in [6.45, 7) is 0.458. The summed E-state index contributed by atoms with van der Waals surface area (Å²) in [5.74, 6) is 0.138. The van der Waals surface area contributed by atoms with Crippen LogP contribution in [0, 0.1) is 0 Å². The number of nitrogens with two attached hydrogens (primary N) is 1. The molecule has 0 aliphatic carbocycles. The Morgan fingerprint density at radius 2 is 1.73 bits per heavy atom. The van der Waals surface area contributed by atoms with Crippen molar-refractivity contribution in [2.45, 2.75) is 11.7 Å². The maximum atomic E-state index is 12.3. The molecule has 0 spiro atoms. The first kappa shape index (κ1) is 17.8. The molecule has 132 valence electrons. The average molecular weight is 366 g/mol. The number of hydrogen-bond donors (Lipinski definition) is 3. The fourth-order valence-electron chi connectivity index (χ4n) is 2.40. The Kier molecular flexibility index (Phi) is 5.70. The summed E-state index contributed by atoms with van der Waals surface area (Å²) in [5.41, 5.74) is 7.69. The monoisotopic (exact) mass is 366 g/mol. The number of nitrogen functional groups attached to an aromatic ring is 1. The van der Waals surface area contributed by atoms with Gasteiger partial charge in [-0.2, -0.15) is 0 Å². The topological polar surface area (TPSA) is 101 Å². The van der Waals surface area contributed by atoms with Gasteiger partial charge in [-0.1, -0.05) is 72.4 Å². The number of carbonyl (C=O) groups is 1. The van der Waals surface area contributed by atoms with Crippen LogP contribution in [-0.2, 0) is 11.3 Å². The fraction of sp³-hybridized carbons (Fsp3) is 0.105. The molecular weight excluding hydrogens is 348 g/mol. The molecule has 0 bridgehead atoms. The summed E-state index contributed by atoms with van der Waals surface area (Å²) >= 11 is 1.14. The molecule has 4 N–H and O–H groups in total. The number of aromatic amines is 1. The summed E-state index contributed by atoms with van der Waals surface area (Å²) in [6, 6.07) is 18.8. The van der Waals surface area contributed by atoms with Crippen LogP contribution in [-0.4, -0.2) is 21.6 Å². The summed E-state index contributed by atoms with van der Waals surface area (Å²) in [5, 5.41) is 3.15. The van der Waals surface area contributed by atoms with Crippen LogP contribution >= 0.6 is 11.8 Å². The number of hydrogen-bond acceptors (Lipinski definition) is 5. The van der Waals surface area contributed by atoms with E-state index in [4.69, 9.17) is 5.73 Å².